The van der Waals surface area contributed by atoms with Crippen LogP contribution in [0.2, 0.25) is 5.02 Å². The Morgan fingerprint density at radius 1 is 0.880 bits per heavy atom. The van der Waals surface area contributed by atoms with Gasteiger partial charge in [-0.1, -0.05) is 107 Å². The topological polar surface area (TPSA) is 259 Å². The molecule has 0 radical (unpaired) electrons. The summed E-state index contributed by atoms with van der Waals surface area (Å²) in [5, 5.41) is 50.9. The molecule has 460 valence electrons. The number of hydrogen-bond donors (Lipinski definition) is 8. The third kappa shape index (κ3) is 18.1. The summed E-state index contributed by atoms with van der Waals surface area (Å²) < 4.78 is 32.1. The van der Waals surface area contributed by atoms with Gasteiger partial charge in [-0.2, -0.15) is 0 Å². The van der Waals surface area contributed by atoms with Gasteiger partial charge in [0.1, 0.15) is 24.3 Å². The number of nitrogens with zero attached hydrogens (tertiary/aromatic N) is 2. The number of carbonyl (C=O) groups excluding carboxylic acids is 5. The number of rotatable bonds is 16. The molecule has 3 aliphatic heterocycles. The molecule has 3 aliphatic rings. The van der Waals surface area contributed by atoms with Gasteiger partial charge in [0.05, 0.1) is 41.5 Å². The number of amides is 6. The molecule has 3 fully saturated rings. The molecule has 0 bridgehead atoms. The van der Waals surface area contributed by atoms with Crippen molar-refractivity contribution in [3.05, 3.63) is 101 Å². The van der Waals surface area contributed by atoms with Gasteiger partial charge in [-0.25, -0.2) is 4.79 Å². The van der Waals surface area contributed by atoms with Crippen LogP contribution in [0.25, 0.3) is 0 Å². The Kier molecular flexibility index (Phi) is 23.9. The molecule has 8 N–H and O–H groups in total. The van der Waals surface area contributed by atoms with Gasteiger partial charge in [0, 0.05) is 75.2 Å². The van der Waals surface area contributed by atoms with Crippen molar-refractivity contribution in [1.82, 2.24) is 31.1 Å². The van der Waals surface area contributed by atoms with Crippen LogP contribution >= 0.6 is 11.6 Å². The average molecular weight is 1180 g/mol. The van der Waals surface area contributed by atoms with E-state index in [-0.39, 0.29) is 69.2 Å². The van der Waals surface area contributed by atoms with Crippen LogP contribution in [0, 0.1) is 23.7 Å². The van der Waals surface area contributed by atoms with Gasteiger partial charge in [0.2, 0.25) is 23.6 Å². The minimum Gasteiger partial charge on any atom is -0.387 e. The number of hydrogen-bond acceptors (Lipinski definition) is 14. The second-order valence-electron chi connectivity index (χ2n) is 24.4. The number of ether oxygens (including phenoxy) is 5. The number of aliphatic hydroxyl groups excluding tert-OH is 2. The maximum absolute atomic E-state index is 14.9. The zero-order chi connectivity index (χ0) is 61.1. The van der Waals surface area contributed by atoms with E-state index in [9.17, 15) is 39.3 Å². The number of halogens is 1. The van der Waals surface area contributed by atoms with Crippen LogP contribution in [0.3, 0.4) is 0 Å². The highest BCUT2D eigenvalue weighted by Crippen LogP contribution is 2.39. The Labute approximate surface area is 495 Å². The number of urea groups is 1. The number of nitrogens with one attached hydrogen (secondary N) is 5. The first-order valence-corrected chi connectivity index (χ1v) is 29.4. The van der Waals surface area contributed by atoms with E-state index in [0.29, 0.717) is 22.7 Å². The van der Waals surface area contributed by atoms with Crippen molar-refractivity contribution in [2.45, 2.75) is 192 Å². The molecule has 3 heterocycles. The number of aliphatic hydroxyl groups is 3. The SMILES string of the molecule is CO[C@]1(C)C[C@H](O[C@H]2[C@H](C)[C@@H](O[C@@H]3O[C@H](C)C[C@H](N(C)C)[C@H]3O)[C@](C)(O)C[C@@H](C)CN(C)C(=O)C[C@@H](Cc3ccc(NC(=O)[C@H](Cc4ccccc4Cl)NC(=O)NCc4ccccc4)cc3)NC(=O)[C@H](C(C)C)NC(=O)[C@@H]2C)O[C@@H](C)[C@@H]1O. The molecule has 0 aliphatic carbocycles. The van der Waals surface area contributed by atoms with Crippen molar-refractivity contribution >= 4 is 46.9 Å². The molecule has 0 saturated carbocycles. The molecule has 3 aromatic carbocycles. The quantitative estimate of drug-likeness (QED) is 0.0874. The Morgan fingerprint density at radius 2 is 1.54 bits per heavy atom. The Bertz CT molecular complexity index is 2620. The molecule has 6 rings (SSSR count). The van der Waals surface area contributed by atoms with Crippen LogP contribution in [-0.2, 0) is 62.2 Å². The number of anilines is 1. The number of carbonyl (C=O) groups is 5. The fourth-order valence-corrected chi connectivity index (χ4v) is 12.1. The van der Waals surface area contributed by atoms with E-state index in [1.54, 1.807) is 109 Å². The van der Waals surface area contributed by atoms with Crippen LogP contribution < -0.4 is 26.6 Å². The fraction of sp³-hybridized carbons (Fsp3) is 0.629. The molecule has 3 aromatic rings. The lowest BCUT2D eigenvalue weighted by molar-refractivity contribution is -0.317. The van der Waals surface area contributed by atoms with Crippen molar-refractivity contribution in [3.8, 4) is 0 Å². The standard InChI is InChI=1S/C62H92ClN7O13/c1-35(2)51-58(76)66-45(28-41-23-25-44(26-24-41)65-57(75)47(29-43-21-17-18-22-46(43)63)67-60(77)64-33-42-19-15-14-16-20-42)30-49(71)70(12)34-36(3)31-61(8,78)55(83-59-52(72)48(69(10)11)27-37(4)80-59)38(5)53(39(6)56(74)68-51)82-50-32-62(9,79-13)54(73)40(7)81-50/h14-26,35-40,45,47-48,50-55,59,72-73,78H,27-34H2,1-13H3,(H,65,75)(H,66,76)(H,68,74)(H2,64,67,77)/t36-,37-,38+,39-,40+,45-,47+,48+,50+,51+,52-,53+,54+,55-,59+,61-,62-/m1/s1. The maximum Gasteiger partial charge on any atom is 0.315 e. The van der Waals surface area contributed by atoms with Gasteiger partial charge in [-0.3, -0.25) is 19.2 Å². The molecule has 3 saturated heterocycles. The molecule has 21 heteroatoms. The van der Waals surface area contributed by atoms with Gasteiger partial charge in [0.15, 0.2) is 12.6 Å². The maximum atomic E-state index is 14.9. The molecule has 6 amide bonds. The summed E-state index contributed by atoms with van der Waals surface area (Å²) in [6, 6.07) is 19.7. The predicted octanol–water partition coefficient (Wildman–Crippen LogP) is 5.57. The van der Waals surface area contributed by atoms with E-state index >= 15 is 0 Å². The number of benzene rings is 3. The molecular formula is C62H92ClN7O13. The van der Waals surface area contributed by atoms with Crippen LogP contribution in [0.1, 0.15) is 105 Å². The number of methoxy groups -OCH3 is 1. The van der Waals surface area contributed by atoms with Crippen molar-refractivity contribution in [2.24, 2.45) is 23.7 Å². The summed E-state index contributed by atoms with van der Waals surface area (Å²) in [6.07, 6.45) is -6.84. The van der Waals surface area contributed by atoms with E-state index in [2.05, 4.69) is 26.6 Å². The summed E-state index contributed by atoms with van der Waals surface area (Å²) >= 11 is 6.51. The first-order valence-electron chi connectivity index (χ1n) is 29.1. The third-order valence-electron chi connectivity index (χ3n) is 16.6. The Balaban J connectivity index is 1.28. The van der Waals surface area contributed by atoms with E-state index in [0.717, 1.165) is 11.1 Å². The van der Waals surface area contributed by atoms with Crippen LogP contribution in [0.5, 0.6) is 0 Å². The minimum atomic E-state index is -1.71. The molecule has 17 atom stereocenters. The first-order chi connectivity index (χ1) is 39.1. The molecule has 83 heavy (non-hydrogen) atoms. The highest BCUT2D eigenvalue weighted by molar-refractivity contribution is 6.31. The second-order valence-corrected chi connectivity index (χ2v) is 24.9. The first kappa shape index (κ1) is 66.9. The van der Waals surface area contributed by atoms with Gasteiger partial charge in [0.25, 0.3) is 0 Å². The van der Waals surface area contributed by atoms with Crippen LogP contribution in [0.15, 0.2) is 78.9 Å². The molecular weight excluding hydrogens is 1090 g/mol. The summed E-state index contributed by atoms with van der Waals surface area (Å²) in [6.45, 7) is 16.4. The van der Waals surface area contributed by atoms with Gasteiger partial charge >= 0.3 is 6.03 Å². The van der Waals surface area contributed by atoms with E-state index in [1.165, 1.54) is 7.11 Å². The lowest BCUT2D eigenvalue weighted by Gasteiger charge is -2.49. The summed E-state index contributed by atoms with van der Waals surface area (Å²) in [5.41, 5.74) is -0.0999. The van der Waals surface area contributed by atoms with Crippen LogP contribution in [0.4, 0.5) is 10.5 Å². The summed E-state index contributed by atoms with van der Waals surface area (Å²) in [5.74, 6) is -4.54. The van der Waals surface area contributed by atoms with Gasteiger partial charge < -0.3 is 75.4 Å². The van der Waals surface area contributed by atoms with Crippen molar-refractivity contribution in [1.29, 1.82) is 0 Å². The van der Waals surface area contributed by atoms with E-state index in [4.69, 9.17) is 35.3 Å². The Morgan fingerprint density at radius 3 is 2.18 bits per heavy atom. The summed E-state index contributed by atoms with van der Waals surface area (Å²) in [7, 11) is 6.89. The normalized spacial score (nSPS) is 33.0. The summed E-state index contributed by atoms with van der Waals surface area (Å²) in [4.78, 5) is 74.6. The molecule has 20 nitrogen and oxygen atoms in total. The fourth-order valence-electron chi connectivity index (χ4n) is 11.9. The van der Waals surface area contributed by atoms with Crippen molar-refractivity contribution < 1.29 is 63.0 Å². The van der Waals surface area contributed by atoms with Crippen molar-refractivity contribution in [2.75, 3.05) is 40.1 Å². The minimum absolute atomic E-state index is 0.0759. The lowest BCUT2D eigenvalue weighted by Crippen LogP contribution is -2.61. The Hall–Kier alpha value is -5.26. The highest BCUT2D eigenvalue weighted by Gasteiger charge is 2.51. The number of likely N-dealkylation sites (N-methyl/N-ethyl adjacent to an activating group) is 1. The zero-order valence-electron chi connectivity index (χ0n) is 50.6. The van der Waals surface area contributed by atoms with Crippen molar-refractivity contribution in [3.63, 3.8) is 0 Å². The molecule has 0 unspecified atom stereocenters. The van der Waals surface area contributed by atoms with E-state index in [1.807, 2.05) is 63.2 Å². The average Bonchev–Trinajstić information content (AvgIpc) is 3.50. The monoisotopic (exact) mass is 1180 g/mol. The highest BCUT2D eigenvalue weighted by atomic mass is 35.5. The van der Waals surface area contributed by atoms with E-state index < -0.39 is 114 Å². The third-order valence-corrected chi connectivity index (χ3v) is 17.0. The predicted molar refractivity (Wildman–Crippen MR) is 316 cm³/mol. The van der Waals surface area contributed by atoms with Gasteiger partial charge in [-0.15, -0.1) is 0 Å². The van der Waals surface area contributed by atoms with Crippen LogP contribution in [-0.4, -0.2) is 174 Å². The molecule has 0 spiro atoms. The second kappa shape index (κ2) is 29.7. The lowest BCUT2D eigenvalue weighted by atomic mass is 9.77. The largest absolute Gasteiger partial charge is 0.387 e. The molecule has 0 aromatic heterocycles. The zero-order valence-corrected chi connectivity index (χ0v) is 51.4. The van der Waals surface area contributed by atoms with Gasteiger partial charge in [-0.05, 0) is 108 Å². The smallest absolute Gasteiger partial charge is 0.315 e.